The van der Waals surface area contributed by atoms with Crippen molar-refractivity contribution in [1.29, 1.82) is 0 Å². The number of benzene rings is 1. The summed E-state index contributed by atoms with van der Waals surface area (Å²) in [5, 5.41) is 4.16. The number of pyridine rings is 1. The Labute approximate surface area is 171 Å². The number of nitrogens with zero attached hydrogens (tertiary/aromatic N) is 2. The number of nitrogens with one attached hydrogen (secondary N) is 2. The number of carbonyl (C=O) groups excluding carboxylic acids is 1. The minimum absolute atomic E-state index is 0.231. The molecule has 2 heterocycles. The van der Waals surface area contributed by atoms with Gasteiger partial charge < -0.3 is 14.6 Å². The molecule has 0 bridgehead atoms. The van der Waals surface area contributed by atoms with Crippen LogP contribution in [0.15, 0.2) is 50.3 Å². The molecule has 3 aromatic rings. The van der Waals surface area contributed by atoms with Crippen LogP contribution in [0.25, 0.3) is 11.0 Å². The van der Waals surface area contributed by atoms with E-state index in [1.54, 1.807) is 12.3 Å². The SMILES string of the molecule is CC(C)Nc1ncc(Br)cc1SNC(=O)c1cc2ccc(N(C)C)cc2o1. The summed E-state index contributed by atoms with van der Waals surface area (Å²) in [4.78, 5) is 19.7. The maximum atomic E-state index is 12.5. The fourth-order valence-corrected chi connectivity index (χ4v) is 3.62. The minimum Gasteiger partial charge on any atom is -0.451 e. The molecular formula is C19H21BrN4O2S. The Bertz CT molecular complexity index is 971. The van der Waals surface area contributed by atoms with Crippen LogP contribution in [0, 0.1) is 0 Å². The Morgan fingerprint density at radius 2 is 2.04 bits per heavy atom. The third-order valence-electron chi connectivity index (χ3n) is 3.74. The molecule has 2 aromatic heterocycles. The molecule has 0 saturated heterocycles. The third kappa shape index (κ3) is 4.75. The van der Waals surface area contributed by atoms with E-state index in [0.717, 1.165) is 26.3 Å². The summed E-state index contributed by atoms with van der Waals surface area (Å²) in [6.07, 6.45) is 1.72. The molecule has 6 nitrogen and oxygen atoms in total. The number of hydrogen-bond donors (Lipinski definition) is 2. The molecular weight excluding hydrogens is 428 g/mol. The second-order valence-electron chi connectivity index (χ2n) is 6.56. The molecule has 27 heavy (non-hydrogen) atoms. The second-order valence-corrected chi connectivity index (χ2v) is 8.32. The van der Waals surface area contributed by atoms with Gasteiger partial charge in [0, 0.05) is 47.9 Å². The van der Waals surface area contributed by atoms with Crippen molar-refractivity contribution in [2.75, 3.05) is 24.3 Å². The molecule has 0 spiro atoms. The van der Waals surface area contributed by atoms with E-state index in [1.165, 1.54) is 11.9 Å². The average Bonchev–Trinajstić information content (AvgIpc) is 3.04. The minimum atomic E-state index is -0.293. The molecule has 0 aliphatic heterocycles. The maximum Gasteiger partial charge on any atom is 0.297 e. The number of halogens is 1. The number of hydrogen-bond acceptors (Lipinski definition) is 6. The summed E-state index contributed by atoms with van der Waals surface area (Å²) in [6, 6.07) is 9.74. The Balaban J connectivity index is 1.76. The van der Waals surface area contributed by atoms with Crippen molar-refractivity contribution in [2.45, 2.75) is 24.8 Å². The van der Waals surface area contributed by atoms with Gasteiger partial charge in [-0.25, -0.2) is 4.98 Å². The predicted octanol–water partition coefficient (Wildman–Crippen LogP) is 4.91. The summed E-state index contributed by atoms with van der Waals surface area (Å²) in [7, 11) is 3.92. The van der Waals surface area contributed by atoms with Crippen molar-refractivity contribution in [3.8, 4) is 0 Å². The summed E-state index contributed by atoms with van der Waals surface area (Å²) in [5.74, 6) is 0.700. The first-order valence-electron chi connectivity index (χ1n) is 8.43. The monoisotopic (exact) mass is 448 g/mol. The molecule has 2 N–H and O–H groups in total. The summed E-state index contributed by atoms with van der Waals surface area (Å²) >= 11 is 4.62. The van der Waals surface area contributed by atoms with Crippen LogP contribution in [0.2, 0.25) is 0 Å². The van der Waals surface area contributed by atoms with Gasteiger partial charge in [-0.1, -0.05) is 0 Å². The van der Waals surface area contributed by atoms with Crippen LogP contribution in [0.1, 0.15) is 24.4 Å². The zero-order valence-corrected chi connectivity index (χ0v) is 17.9. The highest BCUT2D eigenvalue weighted by atomic mass is 79.9. The Hall–Kier alpha value is -2.19. The second kappa shape index (κ2) is 8.22. The molecule has 142 valence electrons. The number of anilines is 2. The van der Waals surface area contributed by atoms with Gasteiger partial charge in [-0.15, -0.1) is 0 Å². The normalized spacial score (nSPS) is 11.0. The lowest BCUT2D eigenvalue weighted by molar-refractivity contribution is 0.0959. The van der Waals surface area contributed by atoms with Crippen LogP contribution in [-0.2, 0) is 0 Å². The highest BCUT2D eigenvalue weighted by Gasteiger charge is 2.15. The lowest BCUT2D eigenvalue weighted by Crippen LogP contribution is -2.16. The van der Waals surface area contributed by atoms with Crippen LogP contribution in [0.5, 0.6) is 0 Å². The average molecular weight is 449 g/mol. The molecule has 8 heteroatoms. The van der Waals surface area contributed by atoms with E-state index in [4.69, 9.17) is 4.42 Å². The molecule has 3 rings (SSSR count). The van der Waals surface area contributed by atoms with E-state index >= 15 is 0 Å². The third-order valence-corrected chi connectivity index (χ3v) is 4.99. The van der Waals surface area contributed by atoms with E-state index in [1.807, 2.05) is 57.1 Å². The van der Waals surface area contributed by atoms with Gasteiger partial charge >= 0.3 is 0 Å². The molecule has 1 amide bonds. The number of carbonyl (C=O) groups is 1. The molecule has 0 saturated carbocycles. The van der Waals surface area contributed by atoms with Crippen molar-refractivity contribution in [3.63, 3.8) is 0 Å². The summed E-state index contributed by atoms with van der Waals surface area (Å²) < 4.78 is 9.40. The van der Waals surface area contributed by atoms with Gasteiger partial charge in [0.1, 0.15) is 11.4 Å². The highest BCUT2D eigenvalue weighted by Crippen LogP contribution is 2.28. The van der Waals surface area contributed by atoms with Crippen LogP contribution in [-0.4, -0.2) is 31.0 Å². The predicted molar refractivity (Wildman–Crippen MR) is 115 cm³/mol. The number of fused-ring (bicyclic) bond motifs is 1. The van der Waals surface area contributed by atoms with Gasteiger partial charge in [0.25, 0.3) is 5.91 Å². The Morgan fingerprint density at radius 3 is 2.74 bits per heavy atom. The molecule has 0 radical (unpaired) electrons. The fourth-order valence-electron chi connectivity index (χ4n) is 2.44. The standard InChI is InChI=1S/C19H21BrN4O2S/c1-11(2)22-18-17(8-13(20)10-21-18)27-23-19(25)16-7-12-5-6-14(24(3)4)9-15(12)26-16/h5-11H,1-4H3,(H,21,22)(H,23,25). The number of furan rings is 1. The zero-order valence-electron chi connectivity index (χ0n) is 15.5. The van der Waals surface area contributed by atoms with E-state index in [9.17, 15) is 4.79 Å². The maximum absolute atomic E-state index is 12.5. The van der Waals surface area contributed by atoms with Gasteiger partial charge in [0.2, 0.25) is 0 Å². The number of rotatable bonds is 6. The largest absolute Gasteiger partial charge is 0.451 e. The van der Waals surface area contributed by atoms with Crippen molar-refractivity contribution in [2.24, 2.45) is 0 Å². The fraction of sp³-hybridized carbons (Fsp3) is 0.263. The van der Waals surface area contributed by atoms with E-state index in [-0.39, 0.29) is 17.7 Å². The van der Waals surface area contributed by atoms with Gasteiger partial charge in [0.15, 0.2) is 5.76 Å². The lowest BCUT2D eigenvalue weighted by atomic mass is 10.2. The van der Waals surface area contributed by atoms with Crippen molar-refractivity contribution < 1.29 is 9.21 Å². The molecule has 0 aliphatic rings. The first-order valence-corrected chi connectivity index (χ1v) is 10.0. The van der Waals surface area contributed by atoms with Crippen LogP contribution in [0.3, 0.4) is 0 Å². The van der Waals surface area contributed by atoms with Gasteiger partial charge in [-0.2, -0.15) is 0 Å². The number of aromatic nitrogens is 1. The molecule has 0 atom stereocenters. The number of amides is 1. The van der Waals surface area contributed by atoms with Gasteiger partial charge in [0.05, 0.1) is 4.90 Å². The first-order chi connectivity index (χ1) is 12.8. The first kappa shape index (κ1) is 19.6. The molecule has 1 aromatic carbocycles. The van der Waals surface area contributed by atoms with Crippen molar-refractivity contribution in [1.82, 2.24) is 9.71 Å². The van der Waals surface area contributed by atoms with E-state index in [0.29, 0.717) is 5.58 Å². The van der Waals surface area contributed by atoms with Gasteiger partial charge in [-0.05, 0) is 66.0 Å². The van der Waals surface area contributed by atoms with E-state index in [2.05, 4.69) is 31.0 Å². The summed E-state index contributed by atoms with van der Waals surface area (Å²) in [5.41, 5.74) is 1.70. The Kier molecular flexibility index (Phi) is 5.96. The topological polar surface area (TPSA) is 70.4 Å². The van der Waals surface area contributed by atoms with Crippen molar-refractivity contribution >= 4 is 56.3 Å². The summed E-state index contributed by atoms with van der Waals surface area (Å²) in [6.45, 7) is 4.07. The molecule has 0 aliphatic carbocycles. The zero-order chi connectivity index (χ0) is 19.6. The van der Waals surface area contributed by atoms with Crippen LogP contribution >= 0.6 is 27.9 Å². The van der Waals surface area contributed by atoms with Crippen LogP contribution in [0.4, 0.5) is 11.5 Å². The lowest BCUT2D eigenvalue weighted by Gasteiger charge is -2.13. The van der Waals surface area contributed by atoms with Gasteiger partial charge in [-0.3, -0.25) is 9.52 Å². The highest BCUT2D eigenvalue weighted by molar-refractivity contribution is 9.10. The van der Waals surface area contributed by atoms with Crippen LogP contribution < -0.4 is 14.9 Å². The smallest absolute Gasteiger partial charge is 0.297 e. The molecule has 0 fully saturated rings. The Morgan fingerprint density at radius 1 is 1.26 bits per heavy atom. The van der Waals surface area contributed by atoms with Crippen molar-refractivity contribution in [3.05, 3.63) is 46.8 Å². The van der Waals surface area contributed by atoms with E-state index < -0.39 is 0 Å². The molecule has 0 unspecified atom stereocenters. The quantitative estimate of drug-likeness (QED) is 0.521.